The summed E-state index contributed by atoms with van der Waals surface area (Å²) >= 11 is 14.3. The fraction of sp³-hybridized carbons (Fsp3) is 0.368. The summed E-state index contributed by atoms with van der Waals surface area (Å²) in [7, 11) is 1.61. The number of hydrogen-bond acceptors (Lipinski definition) is 7. The van der Waals surface area contributed by atoms with Crippen LogP contribution in [0.5, 0.6) is 5.88 Å². The van der Waals surface area contributed by atoms with Gasteiger partial charge >= 0.3 is 0 Å². The van der Waals surface area contributed by atoms with Crippen LogP contribution in [0.2, 0.25) is 10.0 Å². The van der Waals surface area contributed by atoms with Crippen LogP contribution in [0.3, 0.4) is 0 Å². The number of pyridine rings is 2. The number of ether oxygens (including phenoxy) is 1. The van der Waals surface area contributed by atoms with E-state index in [0.717, 1.165) is 77.9 Å². The van der Waals surface area contributed by atoms with Crippen LogP contribution in [-0.2, 0) is 22.6 Å². The molecule has 0 radical (unpaired) electrons. The van der Waals surface area contributed by atoms with Crippen molar-refractivity contribution in [1.82, 2.24) is 31.2 Å². The summed E-state index contributed by atoms with van der Waals surface area (Å²) in [5.74, 6) is 0.759. The first-order chi connectivity index (χ1) is 23.9. The molecule has 7 rings (SSSR count). The number of nitrogens with zero attached hydrogens (tertiary/aromatic N) is 2. The molecule has 0 spiro atoms. The highest BCUT2D eigenvalue weighted by molar-refractivity contribution is 6.39. The maximum absolute atomic E-state index is 11.6. The Morgan fingerprint density at radius 1 is 0.755 bits per heavy atom. The number of aromatic nitrogens is 2. The smallest absolute Gasteiger partial charge is 0.220 e. The van der Waals surface area contributed by atoms with Crippen LogP contribution in [0, 0.1) is 0 Å². The molecule has 2 saturated heterocycles. The number of carbonyl (C=O) groups excluding carboxylic acids is 2. The third-order valence-electron chi connectivity index (χ3n) is 9.75. The minimum atomic E-state index is 0.105. The van der Waals surface area contributed by atoms with E-state index in [4.69, 9.17) is 37.9 Å². The van der Waals surface area contributed by atoms with Crippen molar-refractivity contribution in [2.75, 3.05) is 20.2 Å². The SMILES string of the molecule is COc1nc(-c2cccc(-c3cccc(-c4ccc5c(n4)CCC[C@@H]5NC[C@H]4CCC(=O)N4)c3Cl)c2Cl)ccc1CNC[C@@H]1CCC(=O)N1. The lowest BCUT2D eigenvalue weighted by molar-refractivity contribution is -0.120. The number of methoxy groups -OCH3 is 1. The van der Waals surface area contributed by atoms with Gasteiger partial charge in [-0.2, -0.15) is 0 Å². The minimum absolute atomic E-state index is 0.105. The van der Waals surface area contributed by atoms with Gasteiger partial charge in [0.25, 0.3) is 0 Å². The average molecular weight is 700 g/mol. The predicted molar refractivity (Wildman–Crippen MR) is 193 cm³/mol. The maximum Gasteiger partial charge on any atom is 0.220 e. The van der Waals surface area contributed by atoms with E-state index in [-0.39, 0.29) is 29.9 Å². The van der Waals surface area contributed by atoms with Crippen molar-refractivity contribution in [1.29, 1.82) is 0 Å². The molecule has 4 heterocycles. The highest BCUT2D eigenvalue weighted by Crippen LogP contribution is 2.42. The molecule has 254 valence electrons. The Hall–Kier alpha value is -4.02. The quantitative estimate of drug-likeness (QED) is 0.143. The monoisotopic (exact) mass is 698 g/mol. The second-order valence-corrected chi connectivity index (χ2v) is 13.8. The van der Waals surface area contributed by atoms with Gasteiger partial charge in [-0.25, -0.2) is 4.98 Å². The zero-order valence-electron chi connectivity index (χ0n) is 27.5. The minimum Gasteiger partial charge on any atom is -0.481 e. The molecular weight excluding hydrogens is 659 g/mol. The normalized spacial score (nSPS) is 20.2. The van der Waals surface area contributed by atoms with Gasteiger partial charge in [0, 0.05) is 84.1 Å². The van der Waals surface area contributed by atoms with E-state index in [9.17, 15) is 9.59 Å². The topological polar surface area (TPSA) is 117 Å². The first-order valence-electron chi connectivity index (χ1n) is 17.0. The Balaban J connectivity index is 1.10. The summed E-state index contributed by atoms with van der Waals surface area (Å²) in [6, 6.07) is 20.6. The van der Waals surface area contributed by atoms with Crippen LogP contribution in [-0.4, -0.2) is 54.1 Å². The standard InChI is InChI=1S/C38H40Cl2N6O3/c1-49-38-22(19-41-20-23-12-17-34(47)43-23)11-15-33(46-38)29-8-3-6-26(37(29)40)25-5-2-7-28(36(25)39)32-16-14-27-30(9-4-10-31(27)45-32)42-21-24-13-18-35(48)44-24/h2-3,5-8,11,14-16,23-24,30,41-42H,4,9-10,12-13,17-21H2,1H3,(H,43,47)(H,44,48)/t23-,24+,30-/m0/s1. The zero-order valence-corrected chi connectivity index (χ0v) is 29.0. The fourth-order valence-electron chi connectivity index (χ4n) is 7.15. The van der Waals surface area contributed by atoms with Gasteiger partial charge in [-0.3, -0.25) is 14.6 Å². The van der Waals surface area contributed by atoms with Crippen molar-refractivity contribution in [2.45, 2.75) is 69.6 Å². The number of benzene rings is 2. The van der Waals surface area contributed by atoms with Crippen LogP contribution in [0.1, 0.15) is 61.4 Å². The second kappa shape index (κ2) is 14.8. The fourth-order valence-corrected chi connectivity index (χ4v) is 7.80. The van der Waals surface area contributed by atoms with Gasteiger partial charge < -0.3 is 26.0 Å². The molecule has 3 atom stereocenters. The number of fused-ring (bicyclic) bond motifs is 1. The van der Waals surface area contributed by atoms with Crippen molar-refractivity contribution < 1.29 is 14.3 Å². The van der Waals surface area contributed by atoms with Crippen LogP contribution in [0.15, 0.2) is 60.7 Å². The molecule has 11 heteroatoms. The van der Waals surface area contributed by atoms with Gasteiger partial charge in [-0.05, 0) is 49.8 Å². The number of halogens is 2. The Kier molecular flexibility index (Phi) is 10.1. The molecule has 1 aliphatic carbocycles. The molecule has 9 nitrogen and oxygen atoms in total. The third kappa shape index (κ3) is 7.31. The molecule has 0 unspecified atom stereocenters. The Labute approximate surface area is 296 Å². The lowest BCUT2D eigenvalue weighted by atomic mass is 9.90. The summed E-state index contributed by atoms with van der Waals surface area (Å²) in [5, 5.41) is 14.2. The van der Waals surface area contributed by atoms with Crippen molar-refractivity contribution in [2.24, 2.45) is 0 Å². The van der Waals surface area contributed by atoms with Crippen molar-refractivity contribution >= 4 is 35.0 Å². The van der Waals surface area contributed by atoms with Gasteiger partial charge in [0.1, 0.15) is 0 Å². The summed E-state index contributed by atoms with van der Waals surface area (Å²) in [6.45, 7) is 2.01. The van der Waals surface area contributed by atoms with Crippen LogP contribution in [0.4, 0.5) is 0 Å². The summed E-state index contributed by atoms with van der Waals surface area (Å²) in [6.07, 6.45) is 5.91. The highest BCUT2D eigenvalue weighted by Gasteiger charge is 2.26. The molecule has 2 aromatic carbocycles. The van der Waals surface area contributed by atoms with E-state index >= 15 is 0 Å². The van der Waals surface area contributed by atoms with E-state index in [1.165, 1.54) is 5.56 Å². The molecule has 2 amide bonds. The van der Waals surface area contributed by atoms with Gasteiger partial charge in [0.15, 0.2) is 0 Å². The number of hydrogen-bond donors (Lipinski definition) is 4. The third-order valence-corrected chi connectivity index (χ3v) is 10.6. The largest absolute Gasteiger partial charge is 0.481 e. The van der Waals surface area contributed by atoms with Gasteiger partial charge in [0.05, 0.1) is 28.5 Å². The van der Waals surface area contributed by atoms with Gasteiger partial charge in [-0.1, -0.05) is 71.7 Å². The first-order valence-corrected chi connectivity index (χ1v) is 17.8. The molecule has 2 aromatic heterocycles. The molecular formula is C38H40Cl2N6O3. The number of rotatable bonds is 11. The summed E-state index contributed by atoms with van der Waals surface area (Å²) in [4.78, 5) is 33.1. The van der Waals surface area contributed by atoms with Crippen LogP contribution < -0.4 is 26.0 Å². The number of amides is 2. The molecule has 0 saturated carbocycles. The van der Waals surface area contributed by atoms with E-state index in [1.807, 2.05) is 48.5 Å². The Morgan fingerprint density at radius 3 is 2.00 bits per heavy atom. The molecule has 49 heavy (non-hydrogen) atoms. The second-order valence-electron chi connectivity index (χ2n) is 13.0. The number of nitrogens with one attached hydrogen (secondary N) is 4. The molecule has 3 aliphatic rings. The van der Waals surface area contributed by atoms with E-state index in [0.29, 0.717) is 47.6 Å². The summed E-state index contributed by atoms with van der Waals surface area (Å²) < 4.78 is 5.66. The highest BCUT2D eigenvalue weighted by atomic mass is 35.5. The van der Waals surface area contributed by atoms with Crippen molar-refractivity contribution in [3.8, 4) is 39.5 Å². The first kappa shape index (κ1) is 33.5. The van der Waals surface area contributed by atoms with Gasteiger partial charge in [-0.15, -0.1) is 0 Å². The van der Waals surface area contributed by atoms with Crippen molar-refractivity contribution in [3.63, 3.8) is 0 Å². The molecule has 0 bridgehead atoms. The number of aryl methyl sites for hydroxylation is 1. The average Bonchev–Trinajstić information content (AvgIpc) is 3.74. The Morgan fingerprint density at radius 2 is 1.37 bits per heavy atom. The zero-order chi connectivity index (χ0) is 33.9. The van der Waals surface area contributed by atoms with Crippen LogP contribution >= 0.6 is 23.2 Å². The molecule has 4 N–H and O–H groups in total. The molecule has 4 aromatic rings. The predicted octanol–water partition coefficient (Wildman–Crippen LogP) is 6.41. The lowest BCUT2D eigenvalue weighted by Gasteiger charge is -2.27. The summed E-state index contributed by atoms with van der Waals surface area (Å²) in [5.41, 5.74) is 7.98. The van der Waals surface area contributed by atoms with E-state index < -0.39 is 0 Å². The molecule has 2 fully saturated rings. The lowest BCUT2D eigenvalue weighted by Crippen LogP contribution is -2.38. The van der Waals surface area contributed by atoms with Crippen molar-refractivity contribution in [3.05, 3.63) is 87.5 Å². The van der Waals surface area contributed by atoms with Crippen LogP contribution in [0.25, 0.3) is 33.6 Å². The van der Waals surface area contributed by atoms with E-state index in [2.05, 4.69) is 33.4 Å². The number of carbonyl (C=O) groups is 2. The molecule has 2 aliphatic heterocycles. The Bertz CT molecular complexity index is 1880. The van der Waals surface area contributed by atoms with E-state index in [1.54, 1.807) is 7.11 Å². The maximum atomic E-state index is 11.6. The van der Waals surface area contributed by atoms with Gasteiger partial charge in [0.2, 0.25) is 17.7 Å².